The maximum atomic E-state index is 11.9. The summed E-state index contributed by atoms with van der Waals surface area (Å²) in [4.78, 5) is 18.0. The van der Waals surface area contributed by atoms with Crippen molar-refractivity contribution < 1.29 is 4.79 Å². The Morgan fingerprint density at radius 2 is 1.88 bits per heavy atom. The van der Waals surface area contributed by atoms with Crippen molar-refractivity contribution in [2.75, 3.05) is 20.6 Å². The Hall–Kier alpha value is -0.730. The summed E-state index contributed by atoms with van der Waals surface area (Å²) in [7, 11) is 3.56. The van der Waals surface area contributed by atoms with E-state index < -0.39 is 0 Å². The maximum absolute atomic E-state index is 11.9. The topological polar surface area (TPSA) is 56.7 Å². The summed E-state index contributed by atoms with van der Waals surface area (Å²) in [5.41, 5.74) is 0.748. The van der Waals surface area contributed by atoms with Crippen LogP contribution in [0.25, 0.3) is 0 Å². The lowest BCUT2D eigenvalue weighted by molar-refractivity contribution is -0.121. The first kappa shape index (κ1) is 23.3. The van der Waals surface area contributed by atoms with Gasteiger partial charge in [-0.15, -0.1) is 24.0 Å². The highest BCUT2D eigenvalue weighted by atomic mass is 127. The number of benzene rings is 1. The van der Waals surface area contributed by atoms with Gasteiger partial charge in [-0.25, -0.2) is 0 Å². The van der Waals surface area contributed by atoms with Crippen molar-refractivity contribution in [3.8, 4) is 0 Å². The zero-order valence-corrected chi connectivity index (χ0v) is 18.5. The Kier molecular flexibility index (Phi) is 9.99. The van der Waals surface area contributed by atoms with E-state index in [0.717, 1.165) is 5.56 Å². The highest BCUT2D eigenvalue weighted by Crippen LogP contribution is 2.23. The van der Waals surface area contributed by atoms with Crippen molar-refractivity contribution in [2.45, 2.75) is 32.9 Å². The minimum Gasteiger partial charge on any atom is -0.350 e. The Balaban J connectivity index is 0.00000529. The molecule has 0 aromatic heterocycles. The fraction of sp³-hybridized carbons (Fsp3) is 0.500. The van der Waals surface area contributed by atoms with E-state index in [1.807, 2.05) is 44.9 Å². The van der Waals surface area contributed by atoms with Crippen LogP contribution in [-0.4, -0.2) is 42.9 Å². The summed E-state index contributed by atoms with van der Waals surface area (Å²) in [5, 5.41) is 6.98. The molecule has 2 N–H and O–H groups in total. The maximum Gasteiger partial charge on any atom is 0.239 e. The fourth-order valence-electron chi connectivity index (χ4n) is 1.99. The molecule has 1 aromatic rings. The van der Waals surface area contributed by atoms with Gasteiger partial charge in [-0.2, -0.15) is 0 Å². The van der Waals surface area contributed by atoms with E-state index in [9.17, 15) is 4.79 Å². The molecule has 0 unspecified atom stereocenters. The molecule has 0 atom stereocenters. The number of guanidine groups is 1. The molecular weight excluding hydrogens is 462 g/mol. The molecule has 1 rings (SSSR count). The number of carbonyl (C=O) groups is 1. The SMILES string of the molecule is CN=C(NCC(=O)NC(C)(C)C)N(C)Cc1ccc(Cl)c(Cl)c1.I. The number of amides is 1. The molecule has 0 fully saturated rings. The van der Waals surface area contributed by atoms with Crippen LogP contribution in [-0.2, 0) is 11.3 Å². The normalized spacial score (nSPS) is 11.5. The summed E-state index contributed by atoms with van der Waals surface area (Å²) in [6.45, 7) is 6.58. The number of carbonyl (C=O) groups excluding carboxylic acids is 1. The fourth-order valence-corrected chi connectivity index (χ4v) is 2.31. The molecule has 0 radical (unpaired) electrons. The largest absolute Gasteiger partial charge is 0.350 e. The lowest BCUT2D eigenvalue weighted by Gasteiger charge is -2.24. The highest BCUT2D eigenvalue weighted by Gasteiger charge is 2.15. The van der Waals surface area contributed by atoms with Crippen LogP contribution in [0.5, 0.6) is 0 Å². The highest BCUT2D eigenvalue weighted by molar-refractivity contribution is 14.0. The van der Waals surface area contributed by atoms with E-state index in [1.54, 1.807) is 13.1 Å². The smallest absolute Gasteiger partial charge is 0.239 e. The van der Waals surface area contributed by atoms with Gasteiger partial charge < -0.3 is 15.5 Å². The van der Waals surface area contributed by atoms with Crippen molar-refractivity contribution >= 4 is 59.0 Å². The molecule has 136 valence electrons. The molecule has 0 saturated carbocycles. The molecule has 0 aliphatic rings. The van der Waals surface area contributed by atoms with Crippen LogP contribution in [0.4, 0.5) is 0 Å². The first-order chi connectivity index (χ1) is 10.6. The van der Waals surface area contributed by atoms with Crippen LogP contribution < -0.4 is 10.6 Å². The second kappa shape index (κ2) is 10.3. The van der Waals surface area contributed by atoms with Crippen molar-refractivity contribution in [3.63, 3.8) is 0 Å². The van der Waals surface area contributed by atoms with E-state index in [0.29, 0.717) is 22.5 Å². The second-order valence-corrected chi connectivity index (χ2v) is 7.12. The third-order valence-corrected chi connectivity index (χ3v) is 3.64. The summed E-state index contributed by atoms with van der Waals surface area (Å²) in [5.74, 6) is 0.543. The number of halogens is 3. The Bertz CT molecular complexity index is 588. The van der Waals surface area contributed by atoms with Gasteiger partial charge in [-0.1, -0.05) is 29.3 Å². The van der Waals surface area contributed by atoms with Crippen molar-refractivity contribution in [1.82, 2.24) is 15.5 Å². The van der Waals surface area contributed by atoms with Crippen LogP contribution in [0.15, 0.2) is 23.2 Å². The van der Waals surface area contributed by atoms with E-state index in [1.165, 1.54) is 0 Å². The standard InChI is InChI=1S/C16H24Cl2N4O.HI/c1-16(2,3)21-14(23)9-20-15(19-4)22(5)10-11-6-7-12(17)13(18)8-11;/h6-8H,9-10H2,1-5H3,(H,19,20)(H,21,23);1H. The molecule has 8 heteroatoms. The van der Waals surface area contributed by atoms with E-state index in [4.69, 9.17) is 23.2 Å². The quantitative estimate of drug-likeness (QED) is 0.389. The number of aliphatic imine (C=N–C) groups is 1. The first-order valence-electron chi connectivity index (χ1n) is 7.29. The Labute approximate surface area is 171 Å². The molecule has 24 heavy (non-hydrogen) atoms. The number of hydrogen-bond acceptors (Lipinski definition) is 2. The van der Waals surface area contributed by atoms with Gasteiger partial charge in [-0.05, 0) is 38.5 Å². The van der Waals surface area contributed by atoms with Crippen molar-refractivity contribution in [1.29, 1.82) is 0 Å². The van der Waals surface area contributed by atoms with Crippen LogP contribution in [0.1, 0.15) is 26.3 Å². The predicted octanol–water partition coefficient (Wildman–Crippen LogP) is 3.53. The third-order valence-electron chi connectivity index (χ3n) is 2.90. The molecule has 0 bridgehead atoms. The summed E-state index contributed by atoms with van der Waals surface area (Å²) in [6.07, 6.45) is 0. The zero-order valence-electron chi connectivity index (χ0n) is 14.6. The van der Waals surface area contributed by atoms with Crippen molar-refractivity contribution in [3.05, 3.63) is 33.8 Å². The van der Waals surface area contributed by atoms with Gasteiger partial charge in [0.25, 0.3) is 0 Å². The third kappa shape index (κ3) is 8.39. The molecular formula is C16H25Cl2IN4O. The Morgan fingerprint density at radius 1 is 1.25 bits per heavy atom. The summed E-state index contributed by atoms with van der Waals surface area (Å²) < 4.78 is 0. The predicted molar refractivity (Wildman–Crippen MR) is 113 cm³/mol. The van der Waals surface area contributed by atoms with E-state index >= 15 is 0 Å². The van der Waals surface area contributed by atoms with Gasteiger partial charge in [0.15, 0.2) is 5.96 Å². The van der Waals surface area contributed by atoms with Gasteiger partial charge >= 0.3 is 0 Å². The van der Waals surface area contributed by atoms with E-state index in [2.05, 4.69) is 15.6 Å². The van der Waals surface area contributed by atoms with Crippen LogP contribution in [0, 0.1) is 0 Å². The number of nitrogens with one attached hydrogen (secondary N) is 2. The van der Waals surface area contributed by atoms with Gasteiger partial charge in [-0.3, -0.25) is 9.79 Å². The van der Waals surface area contributed by atoms with Gasteiger partial charge in [0.05, 0.1) is 16.6 Å². The minimum absolute atomic E-state index is 0. The average Bonchev–Trinajstić information content (AvgIpc) is 2.41. The van der Waals surface area contributed by atoms with Gasteiger partial charge in [0, 0.05) is 26.2 Å². The summed E-state index contributed by atoms with van der Waals surface area (Å²) in [6, 6.07) is 5.49. The monoisotopic (exact) mass is 486 g/mol. The number of rotatable bonds is 4. The lowest BCUT2D eigenvalue weighted by Crippen LogP contribution is -2.48. The van der Waals surface area contributed by atoms with Crippen LogP contribution in [0.3, 0.4) is 0 Å². The van der Waals surface area contributed by atoms with Crippen molar-refractivity contribution in [2.24, 2.45) is 4.99 Å². The minimum atomic E-state index is -0.256. The van der Waals surface area contributed by atoms with Gasteiger partial charge in [0.2, 0.25) is 5.91 Å². The molecule has 5 nitrogen and oxygen atoms in total. The lowest BCUT2D eigenvalue weighted by atomic mass is 10.1. The molecule has 0 heterocycles. The molecule has 0 saturated heterocycles. The first-order valence-corrected chi connectivity index (χ1v) is 8.04. The van der Waals surface area contributed by atoms with Crippen LogP contribution >= 0.6 is 47.2 Å². The van der Waals surface area contributed by atoms with Crippen LogP contribution in [0.2, 0.25) is 10.0 Å². The molecule has 0 aliphatic heterocycles. The summed E-state index contributed by atoms with van der Waals surface area (Å²) >= 11 is 11.9. The average molecular weight is 487 g/mol. The van der Waals surface area contributed by atoms with E-state index in [-0.39, 0.29) is 42.0 Å². The van der Waals surface area contributed by atoms with Gasteiger partial charge in [0.1, 0.15) is 0 Å². The number of hydrogen-bond donors (Lipinski definition) is 2. The molecule has 0 spiro atoms. The molecule has 1 aromatic carbocycles. The molecule has 1 amide bonds. The zero-order chi connectivity index (χ0) is 17.6. The Morgan fingerprint density at radius 3 is 2.38 bits per heavy atom. The number of nitrogens with zero attached hydrogens (tertiary/aromatic N) is 2. The second-order valence-electron chi connectivity index (χ2n) is 6.30. The molecule has 0 aliphatic carbocycles.